The van der Waals surface area contributed by atoms with Crippen LogP contribution in [0.25, 0.3) is 11.5 Å². The lowest BCUT2D eigenvalue weighted by atomic mass is 9.79. The molecule has 2 fully saturated rings. The summed E-state index contributed by atoms with van der Waals surface area (Å²) in [6.45, 7) is 6.62. The average molecular weight is 425 g/mol. The molecule has 0 atom stereocenters. The molecule has 1 aromatic carbocycles. The molecule has 2 aliphatic rings. The monoisotopic (exact) mass is 425 g/mol. The van der Waals surface area contributed by atoms with E-state index in [0.717, 1.165) is 10.5 Å². The highest BCUT2D eigenvalue weighted by molar-refractivity contribution is 6.06. The molecule has 31 heavy (non-hydrogen) atoms. The summed E-state index contributed by atoms with van der Waals surface area (Å²) in [7, 11) is 0. The maximum Gasteiger partial charge on any atom is 0.325 e. The van der Waals surface area contributed by atoms with E-state index in [-0.39, 0.29) is 30.2 Å². The van der Waals surface area contributed by atoms with Crippen LogP contribution in [0.1, 0.15) is 45.9 Å². The van der Waals surface area contributed by atoms with Crippen LogP contribution in [0.5, 0.6) is 0 Å². The van der Waals surface area contributed by atoms with Crippen LogP contribution in [0.2, 0.25) is 0 Å². The summed E-state index contributed by atoms with van der Waals surface area (Å²) < 4.78 is 5.46. The van der Waals surface area contributed by atoms with Crippen molar-refractivity contribution >= 4 is 17.8 Å². The van der Waals surface area contributed by atoms with Crippen molar-refractivity contribution in [3.63, 3.8) is 0 Å². The van der Waals surface area contributed by atoms with E-state index < -0.39 is 11.6 Å². The fourth-order valence-corrected chi connectivity index (χ4v) is 4.03. The molecule has 0 saturated carbocycles. The molecule has 2 saturated heterocycles. The van der Waals surface area contributed by atoms with Gasteiger partial charge in [0.05, 0.1) is 0 Å². The zero-order chi connectivity index (χ0) is 22.2. The number of hydrogen-bond acceptors (Lipinski definition) is 6. The van der Waals surface area contributed by atoms with Crippen LogP contribution in [0, 0.1) is 0 Å². The molecule has 164 valence electrons. The predicted octanol–water partition coefficient (Wildman–Crippen LogP) is 2.34. The highest BCUT2D eigenvalue weighted by atomic mass is 16.5. The van der Waals surface area contributed by atoms with Gasteiger partial charge in [0.15, 0.2) is 5.82 Å². The van der Waals surface area contributed by atoms with Crippen LogP contribution < -0.4 is 5.32 Å². The molecule has 0 aliphatic carbocycles. The van der Waals surface area contributed by atoms with Crippen molar-refractivity contribution in [2.75, 3.05) is 19.6 Å². The Bertz CT molecular complexity index is 992. The highest BCUT2D eigenvalue weighted by Crippen LogP contribution is 2.34. The van der Waals surface area contributed by atoms with Crippen LogP contribution in [0.15, 0.2) is 34.9 Å². The molecule has 1 aromatic heterocycles. The summed E-state index contributed by atoms with van der Waals surface area (Å²) >= 11 is 0. The summed E-state index contributed by atoms with van der Waals surface area (Å²) in [6, 6.07) is 9.18. The van der Waals surface area contributed by atoms with Gasteiger partial charge < -0.3 is 14.7 Å². The van der Waals surface area contributed by atoms with Gasteiger partial charge in [0, 0.05) is 37.0 Å². The smallest absolute Gasteiger partial charge is 0.325 e. The molecule has 0 spiro atoms. The summed E-state index contributed by atoms with van der Waals surface area (Å²) in [5.74, 6) is 0.778. The maximum atomic E-state index is 12.7. The SMILES string of the molecule is CC1(C)NC(=O)N(CCC(=O)N2CCC(C)(c3noc(-c4ccccc4)n3)CC2)C1=O. The Hall–Kier alpha value is -3.23. The van der Waals surface area contributed by atoms with Gasteiger partial charge in [0.2, 0.25) is 5.91 Å². The second-order valence-corrected chi connectivity index (χ2v) is 8.99. The molecule has 9 heteroatoms. The Balaban J connectivity index is 1.33. The van der Waals surface area contributed by atoms with Crippen molar-refractivity contribution in [2.24, 2.45) is 0 Å². The number of likely N-dealkylation sites (tertiary alicyclic amines) is 1. The largest absolute Gasteiger partial charge is 0.343 e. The van der Waals surface area contributed by atoms with Crippen molar-refractivity contribution in [2.45, 2.75) is 51.0 Å². The van der Waals surface area contributed by atoms with E-state index in [1.54, 1.807) is 18.7 Å². The third-order valence-electron chi connectivity index (χ3n) is 6.20. The van der Waals surface area contributed by atoms with Crippen molar-refractivity contribution in [1.29, 1.82) is 0 Å². The van der Waals surface area contributed by atoms with E-state index in [1.165, 1.54) is 0 Å². The van der Waals surface area contributed by atoms with Gasteiger partial charge in [0.25, 0.3) is 11.8 Å². The van der Waals surface area contributed by atoms with E-state index in [1.807, 2.05) is 30.3 Å². The third kappa shape index (κ3) is 4.04. The average Bonchev–Trinajstić information content (AvgIpc) is 3.32. The fourth-order valence-electron chi connectivity index (χ4n) is 4.03. The minimum atomic E-state index is -0.920. The summed E-state index contributed by atoms with van der Waals surface area (Å²) in [4.78, 5) is 44.4. The van der Waals surface area contributed by atoms with Crippen molar-refractivity contribution in [3.8, 4) is 11.5 Å². The molecule has 1 N–H and O–H groups in total. The zero-order valence-electron chi connectivity index (χ0n) is 18.1. The molecular formula is C22H27N5O4. The van der Waals surface area contributed by atoms with E-state index in [9.17, 15) is 14.4 Å². The lowest BCUT2D eigenvalue weighted by Gasteiger charge is -2.37. The van der Waals surface area contributed by atoms with Crippen LogP contribution in [-0.2, 0) is 15.0 Å². The Morgan fingerprint density at radius 2 is 1.81 bits per heavy atom. The molecule has 3 heterocycles. The van der Waals surface area contributed by atoms with E-state index in [4.69, 9.17) is 4.52 Å². The second-order valence-electron chi connectivity index (χ2n) is 8.99. The van der Waals surface area contributed by atoms with E-state index >= 15 is 0 Å². The van der Waals surface area contributed by atoms with E-state index in [2.05, 4.69) is 22.4 Å². The van der Waals surface area contributed by atoms with Crippen molar-refractivity contribution in [3.05, 3.63) is 36.2 Å². The number of aromatic nitrogens is 2. The lowest BCUT2D eigenvalue weighted by molar-refractivity contribution is -0.134. The Kier molecular flexibility index (Phi) is 5.28. The van der Waals surface area contributed by atoms with Gasteiger partial charge in [-0.3, -0.25) is 14.5 Å². The summed E-state index contributed by atoms with van der Waals surface area (Å²) in [6.07, 6.45) is 1.54. The van der Waals surface area contributed by atoms with Gasteiger partial charge in [-0.2, -0.15) is 4.98 Å². The first kappa shape index (κ1) is 21.0. The molecule has 4 rings (SSSR count). The summed E-state index contributed by atoms with van der Waals surface area (Å²) in [5, 5.41) is 6.83. The van der Waals surface area contributed by atoms with Gasteiger partial charge in [-0.1, -0.05) is 30.3 Å². The molecule has 2 aliphatic heterocycles. The number of imide groups is 1. The molecule has 2 aromatic rings. The zero-order valence-corrected chi connectivity index (χ0v) is 18.1. The van der Waals surface area contributed by atoms with Gasteiger partial charge in [-0.25, -0.2) is 4.79 Å². The minimum absolute atomic E-state index is 0.0644. The van der Waals surface area contributed by atoms with Gasteiger partial charge in [0.1, 0.15) is 5.54 Å². The van der Waals surface area contributed by atoms with Gasteiger partial charge >= 0.3 is 6.03 Å². The third-order valence-corrected chi connectivity index (χ3v) is 6.20. The van der Waals surface area contributed by atoms with Crippen LogP contribution in [-0.4, -0.2) is 63.0 Å². The number of hydrogen-bond donors (Lipinski definition) is 1. The number of nitrogens with one attached hydrogen (secondary N) is 1. The Labute approximate surface area is 180 Å². The number of piperidine rings is 1. The first-order chi connectivity index (χ1) is 14.7. The number of carbonyl (C=O) groups excluding carboxylic acids is 3. The standard InChI is InChI=1S/C22H27N5O4/c1-21(2)19(29)27(20(30)24-21)12-9-16(28)26-13-10-22(3,11-14-26)18-23-17(31-25-18)15-7-5-4-6-8-15/h4-8H,9-14H2,1-3H3,(H,24,30). The number of nitrogens with zero attached hydrogens (tertiary/aromatic N) is 4. The topological polar surface area (TPSA) is 109 Å². The fraction of sp³-hybridized carbons (Fsp3) is 0.500. The molecule has 0 unspecified atom stereocenters. The van der Waals surface area contributed by atoms with Crippen LogP contribution in [0.3, 0.4) is 0 Å². The van der Waals surface area contributed by atoms with Gasteiger partial charge in [-0.15, -0.1) is 0 Å². The minimum Gasteiger partial charge on any atom is -0.343 e. The maximum absolute atomic E-state index is 12.7. The first-order valence-electron chi connectivity index (χ1n) is 10.5. The number of rotatable bonds is 5. The molecule has 0 bridgehead atoms. The van der Waals surface area contributed by atoms with Crippen LogP contribution in [0.4, 0.5) is 4.79 Å². The Morgan fingerprint density at radius 1 is 1.13 bits per heavy atom. The molecule has 4 amide bonds. The number of benzene rings is 1. The summed E-state index contributed by atoms with van der Waals surface area (Å²) in [5.41, 5.74) is -0.320. The van der Waals surface area contributed by atoms with Crippen molar-refractivity contribution < 1.29 is 18.9 Å². The van der Waals surface area contributed by atoms with Gasteiger partial charge in [-0.05, 0) is 38.8 Å². The molecular weight excluding hydrogens is 398 g/mol. The first-order valence-corrected chi connectivity index (χ1v) is 10.5. The molecule has 0 radical (unpaired) electrons. The highest BCUT2D eigenvalue weighted by Gasteiger charge is 2.44. The second kappa shape index (κ2) is 7.79. The number of urea groups is 1. The lowest BCUT2D eigenvalue weighted by Crippen LogP contribution is -2.45. The van der Waals surface area contributed by atoms with Crippen molar-refractivity contribution in [1.82, 2.24) is 25.3 Å². The predicted molar refractivity (Wildman–Crippen MR) is 112 cm³/mol. The van der Waals surface area contributed by atoms with E-state index in [0.29, 0.717) is 37.6 Å². The number of carbonyl (C=O) groups is 3. The molecule has 9 nitrogen and oxygen atoms in total. The Morgan fingerprint density at radius 3 is 2.42 bits per heavy atom. The quantitative estimate of drug-likeness (QED) is 0.737. The number of amides is 4. The normalized spacial score (nSPS) is 20.1. The van der Waals surface area contributed by atoms with Crippen LogP contribution >= 0.6 is 0 Å².